The second-order valence-electron chi connectivity index (χ2n) is 5.89. The van der Waals surface area contributed by atoms with Crippen LogP contribution in [-0.2, 0) is 19.1 Å². The van der Waals surface area contributed by atoms with Crippen LogP contribution in [0.5, 0.6) is 5.75 Å². The van der Waals surface area contributed by atoms with Crippen LogP contribution in [-0.4, -0.2) is 44.7 Å². The minimum Gasteiger partial charge on any atom is -0.466 e. The van der Waals surface area contributed by atoms with Gasteiger partial charge in [0.2, 0.25) is 0 Å². The van der Waals surface area contributed by atoms with E-state index in [4.69, 9.17) is 9.47 Å². The summed E-state index contributed by atoms with van der Waals surface area (Å²) in [5.41, 5.74) is 1.60. The van der Waals surface area contributed by atoms with Gasteiger partial charge in [-0.2, -0.15) is 8.78 Å². The van der Waals surface area contributed by atoms with Crippen molar-refractivity contribution >= 4 is 11.9 Å². The first-order valence-corrected chi connectivity index (χ1v) is 8.10. The third kappa shape index (κ3) is 3.79. The van der Waals surface area contributed by atoms with E-state index in [1.54, 1.807) is 31.9 Å². The SMILES string of the molecule is COC(=O)C1=C(C)N(C)C(C)=C(C(=O)OC)C1c1ccccc1OC(F)F. The Balaban J connectivity index is 2.80. The number of alkyl halides is 2. The maximum absolute atomic E-state index is 12.9. The van der Waals surface area contributed by atoms with Crippen LogP contribution in [0.2, 0.25) is 0 Å². The lowest BCUT2D eigenvalue weighted by Gasteiger charge is -2.35. The van der Waals surface area contributed by atoms with Crippen LogP contribution < -0.4 is 4.74 Å². The molecule has 0 fully saturated rings. The second-order valence-corrected chi connectivity index (χ2v) is 5.89. The number of hydrogen-bond donors (Lipinski definition) is 0. The summed E-state index contributed by atoms with van der Waals surface area (Å²) in [4.78, 5) is 26.7. The first-order valence-electron chi connectivity index (χ1n) is 8.10. The van der Waals surface area contributed by atoms with Gasteiger partial charge >= 0.3 is 18.6 Å². The topological polar surface area (TPSA) is 65.1 Å². The van der Waals surface area contributed by atoms with E-state index in [2.05, 4.69) is 4.74 Å². The van der Waals surface area contributed by atoms with Gasteiger partial charge in [0.1, 0.15) is 5.75 Å². The molecule has 0 spiro atoms. The number of para-hydroxylation sites is 1. The van der Waals surface area contributed by atoms with Gasteiger partial charge in [-0.3, -0.25) is 0 Å². The molecular weight excluding hydrogens is 360 g/mol. The van der Waals surface area contributed by atoms with Crippen LogP contribution in [0.4, 0.5) is 8.78 Å². The lowest BCUT2D eigenvalue weighted by Crippen LogP contribution is -2.33. The van der Waals surface area contributed by atoms with Gasteiger partial charge in [0, 0.05) is 24.0 Å². The molecule has 0 N–H and O–H groups in total. The summed E-state index contributed by atoms with van der Waals surface area (Å²) >= 11 is 0. The largest absolute Gasteiger partial charge is 0.466 e. The van der Waals surface area contributed by atoms with Crippen LogP contribution in [0.25, 0.3) is 0 Å². The normalized spacial score (nSPS) is 15.3. The molecular formula is C19H21F2NO5. The first-order chi connectivity index (χ1) is 12.7. The van der Waals surface area contributed by atoms with E-state index in [-0.39, 0.29) is 22.5 Å². The third-order valence-electron chi connectivity index (χ3n) is 4.62. The number of carbonyl (C=O) groups is 2. The zero-order chi connectivity index (χ0) is 20.3. The summed E-state index contributed by atoms with van der Waals surface area (Å²) < 4.78 is 40.2. The van der Waals surface area contributed by atoms with Crippen LogP contribution >= 0.6 is 0 Å². The smallest absolute Gasteiger partial charge is 0.387 e. The summed E-state index contributed by atoms with van der Waals surface area (Å²) in [7, 11) is 4.11. The van der Waals surface area contributed by atoms with Crippen molar-refractivity contribution in [2.45, 2.75) is 26.4 Å². The van der Waals surface area contributed by atoms with E-state index >= 15 is 0 Å². The van der Waals surface area contributed by atoms with Crippen molar-refractivity contribution in [3.8, 4) is 5.75 Å². The van der Waals surface area contributed by atoms with Crippen molar-refractivity contribution in [2.24, 2.45) is 0 Å². The number of esters is 2. The fourth-order valence-electron chi connectivity index (χ4n) is 3.16. The number of hydrogen-bond acceptors (Lipinski definition) is 6. The predicted molar refractivity (Wildman–Crippen MR) is 93.0 cm³/mol. The van der Waals surface area contributed by atoms with Gasteiger partial charge in [-0.25, -0.2) is 9.59 Å². The van der Waals surface area contributed by atoms with Crippen molar-refractivity contribution < 1.29 is 32.6 Å². The number of benzene rings is 1. The van der Waals surface area contributed by atoms with Crippen LogP contribution in [0, 0.1) is 0 Å². The highest BCUT2D eigenvalue weighted by Gasteiger charge is 2.40. The average molecular weight is 381 g/mol. The number of ether oxygens (including phenoxy) is 3. The van der Waals surface area contributed by atoms with Gasteiger partial charge < -0.3 is 19.1 Å². The number of allylic oxidation sites excluding steroid dienone is 2. The average Bonchev–Trinajstić information content (AvgIpc) is 2.64. The molecule has 0 bridgehead atoms. The van der Waals surface area contributed by atoms with Gasteiger partial charge in [0.15, 0.2) is 0 Å². The van der Waals surface area contributed by atoms with Crippen LogP contribution in [0.3, 0.4) is 0 Å². The van der Waals surface area contributed by atoms with E-state index in [0.717, 1.165) is 0 Å². The third-order valence-corrected chi connectivity index (χ3v) is 4.62. The molecule has 0 saturated carbocycles. The highest BCUT2D eigenvalue weighted by atomic mass is 19.3. The number of carbonyl (C=O) groups excluding carboxylic acids is 2. The molecule has 0 atom stereocenters. The van der Waals surface area contributed by atoms with E-state index in [0.29, 0.717) is 11.4 Å². The summed E-state index contributed by atoms with van der Waals surface area (Å²) in [5.74, 6) is -2.46. The number of halogens is 2. The van der Waals surface area contributed by atoms with Crippen molar-refractivity contribution in [1.29, 1.82) is 0 Å². The van der Waals surface area contributed by atoms with Crippen LogP contribution in [0.1, 0.15) is 25.3 Å². The molecule has 6 nitrogen and oxygen atoms in total. The minimum absolute atomic E-state index is 0.134. The highest BCUT2D eigenvalue weighted by Crippen LogP contribution is 2.45. The Morgan fingerprint density at radius 1 is 1.00 bits per heavy atom. The molecule has 0 unspecified atom stereocenters. The molecule has 1 aliphatic rings. The van der Waals surface area contributed by atoms with Crippen LogP contribution in [0.15, 0.2) is 46.8 Å². The lowest BCUT2D eigenvalue weighted by molar-refractivity contribution is -0.137. The van der Waals surface area contributed by atoms with E-state index in [1.807, 2.05) is 0 Å². The highest BCUT2D eigenvalue weighted by molar-refractivity contribution is 6.00. The second kappa shape index (κ2) is 8.20. The maximum atomic E-state index is 12.9. The zero-order valence-electron chi connectivity index (χ0n) is 15.7. The van der Waals surface area contributed by atoms with E-state index in [9.17, 15) is 18.4 Å². The zero-order valence-corrected chi connectivity index (χ0v) is 15.7. The summed E-state index contributed by atoms with van der Waals surface area (Å²) in [6, 6.07) is 6.02. The minimum atomic E-state index is -3.06. The number of rotatable bonds is 5. The molecule has 27 heavy (non-hydrogen) atoms. The van der Waals surface area contributed by atoms with Crippen molar-refractivity contribution in [3.63, 3.8) is 0 Å². The summed E-state index contributed by atoms with van der Waals surface area (Å²) in [5, 5.41) is 0. The molecule has 0 aromatic heterocycles. The Hall–Kier alpha value is -2.90. The fraction of sp³-hybridized carbons (Fsp3) is 0.368. The van der Waals surface area contributed by atoms with Gasteiger partial charge in [-0.1, -0.05) is 18.2 Å². The maximum Gasteiger partial charge on any atom is 0.387 e. The molecule has 1 aromatic rings. The monoisotopic (exact) mass is 381 g/mol. The Morgan fingerprint density at radius 3 is 1.93 bits per heavy atom. The number of methoxy groups -OCH3 is 2. The summed E-state index contributed by atoms with van der Waals surface area (Å²) in [6.45, 7) is 0.316. The molecule has 146 valence electrons. The van der Waals surface area contributed by atoms with E-state index < -0.39 is 24.5 Å². The molecule has 8 heteroatoms. The van der Waals surface area contributed by atoms with Crippen molar-refractivity contribution in [3.05, 3.63) is 52.4 Å². The molecule has 1 aromatic carbocycles. The van der Waals surface area contributed by atoms with Gasteiger partial charge in [0.25, 0.3) is 0 Å². The molecule has 0 aliphatic carbocycles. The lowest BCUT2D eigenvalue weighted by atomic mass is 9.79. The van der Waals surface area contributed by atoms with E-state index in [1.165, 1.54) is 32.4 Å². The first kappa shape index (κ1) is 20.4. The number of nitrogens with zero attached hydrogens (tertiary/aromatic N) is 1. The molecule has 1 heterocycles. The Labute approximate surface area is 156 Å². The summed E-state index contributed by atoms with van der Waals surface area (Å²) in [6.07, 6.45) is 0. The molecule has 0 radical (unpaired) electrons. The fourth-order valence-corrected chi connectivity index (χ4v) is 3.16. The van der Waals surface area contributed by atoms with Gasteiger partial charge in [-0.05, 0) is 19.9 Å². The Kier molecular flexibility index (Phi) is 6.20. The quantitative estimate of drug-likeness (QED) is 0.730. The molecule has 0 saturated heterocycles. The Morgan fingerprint density at radius 2 is 1.48 bits per heavy atom. The van der Waals surface area contributed by atoms with Crippen molar-refractivity contribution in [1.82, 2.24) is 4.90 Å². The van der Waals surface area contributed by atoms with Crippen molar-refractivity contribution in [2.75, 3.05) is 21.3 Å². The predicted octanol–water partition coefficient (Wildman–Crippen LogP) is 3.21. The molecule has 0 amide bonds. The standard InChI is InChI=1S/C19H21F2NO5/c1-10-14(17(23)25-4)16(15(18(24)26-5)11(2)22(10)3)12-8-6-7-9-13(12)27-19(20)21/h6-9,16,19H,1-5H3. The van der Waals surface area contributed by atoms with Gasteiger partial charge in [-0.15, -0.1) is 0 Å². The van der Waals surface area contributed by atoms with Gasteiger partial charge in [0.05, 0.1) is 31.3 Å². The molecule has 2 rings (SSSR count). The Bertz CT molecular complexity index is 776. The molecule has 1 aliphatic heterocycles.